The molecule has 0 aromatic heterocycles. The van der Waals surface area contributed by atoms with Crippen molar-refractivity contribution in [2.24, 2.45) is 5.92 Å². The first kappa shape index (κ1) is 9.45. The van der Waals surface area contributed by atoms with Crippen LogP contribution in [0.1, 0.15) is 6.92 Å². The molecule has 1 saturated heterocycles. The molecule has 0 bridgehead atoms. The largest absolute Gasteiger partial charge is 0.355 e. The molecule has 12 heavy (non-hydrogen) atoms. The van der Waals surface area contributed by atoms with Crippen molar-refractivity contribution < 1.29 is 9.18 Å². The Hall–Kier alpha value is -0.640. The van der Waals surface area contributed by atoms with Crippen molar-refractivity contribution in [3.05, 3.63) is 0 Å². The molecule has 0 unspecified atom stereocenters. The molecule has 0 aromatic carbocycles. The number of hydrogen-bond acceptors (Lipinski definition) is 2. The summed E-state index contributed by atoms with van der Waals surface area (Å²) in [6, 6.07) is 0. The van der Waals surface area contributed by atoms with Crippen LogP contribution >= 0.6 is 0 Å². The van der Waals surface area contributed by atoms with Gasteiger partial charge in [-0.3, -0.25) is 9.18 Å². The molecule has 0 atom stereocenters. The van der Waals surface area contributed by atoms with Gasteiger partial charge in [0.15, 0.2) is 0 Å². The zero-order chi connectivity index (χ0) is 8.97. The maximum Gasteiger partial charge on any atom is 0.216 e. The minimum Gasteiger partial charge on any atom is -0.355 e. The number of likely N-dealkylation sites (tertiary alicyclic amines) is 1. The van der Waals surface area contributed by atoms with E-state index in [-0.39, 0.29) is 18.5 Å². The highest BCUT2D eigenvalue weighted by molar-refractivity contribution is 5.72. The average molecular weight is 174 g/mol. The van der Waals surface area contributed by atoms with E-state index in [4.69, 9.17) is 0 Å². The van der Waals surface area contributed by atoms with Gasteiger partial charge in [0.1, 0.15) is 0 Å². The van der Waals surface area contributed by atoms with E-state index in [0.717, 1.165) is 19.6 Å². The van der Waals surface area contributed by atoms with Crippen LogP contribution in [0.5, 0.6) is 0 Å². The van der Waals surface area contributed by atoms with E-state index in [0.29, 0.717) is 6.54 Å². The molecule has 1 amide bonds. The molecule has 1 rings (SSSR count). The maximum atomic E-state index is 12.0. The number of nitrogens with zero attached hydrogens (tertiary/aromatic N) is 1. The number of nitrogens with one attached hydrogen (secondary N) is 1. The molecule has 1 fully saturated rings. The maximum absolute atomic E-state index is 12.0. The molecular weight excluding hydrogens is 159 g/mol. The van der Waals surface area contributed by atoms with Crippen molar-refractivity contribution in [3.8, 4) is 0 Å². The minimum absolute atomic E-state index is 0.00225. The van der Waals surface area contributed by atoms with Crippen LogP contribution in [0.4, 0.5) is 4.39 Å². The van der Waals surface area contributed by atoms with Crippen molar-refractivity contribution in [1.29, 1.82) is 0 Å². The van der Waals surface area contributed by atoms with Gasteiger partial charge in [-0.05, 0) is 0 Å². The Labute approximate surface area is 71.9 Å². The molecule has 1 aliphatic heterocycles. The lowest BCUT2D eigenvalue weighted by molar-refractivity contribution is -0.119. The summed E-state index contributed by atoms with van der Waals surface area (Å²) in [4.78, 5) is 12.6. The van der Waals surface area contributed by atoms with E-state index in [1.807, 2.05) is 0 Å². The van der Waals surface area contributed by atoms with Gasteiger partial charge < -0.3 is 10.2 Å². The fourth-order valence-corrected chi connectivity index (χ4v) is 1.35. The van der Waals surface area contributed by atoms with Gasteiger partial charge in [0.05, 0.1) is 6.67 Å². The Bertz CT molecular complexity index is 157. The summed E-state index contributed by atoms with van der Waals surface area (Å²) >= 11 is 0. The van der Waals surface area contributed by atoms with E-state index in [2.05, 4.69) is 10.2 Å². The third kappa shape index (κ3) is 2.77. The molecule has 0 aliphatic carbocycles. The Balaban J connectivity index is 1.93. The number of alkyl halides is 1. The second-order valence-electron chi connectivity index (χ2n) is 3.26. The summed E-state index contributed by atoms with van der Waals surface area (Å²) in [5, 5.41) is 2.70. The van der Waals surface area contributed by atoms with Gasteiger partial charge >= 0.3 is 0 Å². The Morgan fingerprint density at radius 2 is 2.33 bits per heavy atom. The van der Waals surface area contributed by atoms with Gasteiger partial charge in [-0.2, -0.15) is 0 Å². The fraction of sp³-hybridized carbons (Fsp3) is 0.875. The van der Waals surface area contributed by atoms with Crippen molar-refractivity contribution >= 4 is 5.91 Å². The predicted octanol–water partition coefficient (Wildman–Crippen LogP) is 0.0238. The molecule has 1 N–H and O–H groups in total. The van der Waals surface area contributed by atoms with Gasteiger partial charge in [-0.25, -0.2) is 0 Å². The van der Waals surface area contributed by atoms with Gasteiger partial charge in [0.2, 0.25) is 5.91 Å². The third-order valence-corrected chi connectivity index (χ3v) is 2.05. The number of rotatable bonds is 4. The highest BCUT2D eigenvalue weighted by Gasteiger charge is 2.25. The van der Waals surface area contributed by atoms with Crippen LogP contribution in [0.15, 0.2) is 0 Å². The summed E-state index contributed by atoms with van der Waals surface area (Å²) in [6.45, 7) is 4.49. The van der Waals surface area contributed by atoms with Crippen LogP contribution in [0.3, 0.4) is 0 Å². The topological polar surface area (TPSA) is 32.3 Å². The van der Waals surface area contributed by atoms with Crippen LogP contribution < -0.4 is 5.32 Å². The van der Waals surface area contributed by atoms with E-state index in [1.54, 1.807) is 0 Å². The molecule has 1 aliphatic rings. The number of hydrogen-bond donors (Lipinski definition) is 1. The molecule has 1 heterocycles. The van der Waals surface area contributed by atoms with Crippen molar-refractivity contribution in [3.63, 3.8) is 0 Å². The summed E-state index contributed by atoms with van der Waals surface area (Å²) < 4.78 is 12.0. The number of halogens is 1. The summed E-state index contributed by atoms with van der Waals surface area (Å²) in [5.41, 5.74) is 0. The smallest absolute Gasteiger partial charge is 0.216 e. The molecule has 0 saturated carbocycles. The second kappa shape index (κ2) is 4.40. The molecule has 3 nitrogen and oxygen atoms in total. The van der Waals surface area contributed by atoms with Crippen LogP contribution in [0.25, 0.3) is 0 Å². The Morgan fingerprint density at radius 1 is 1.67 bits per heavy atom. The van der Waals surface area contributed by atoms with Gasteiger partial charge in [-0.15, -0.1) is 0 Å². The standard InChI is InChI=1S/C8H15FN2O/c1-7(12)10-2-3-11-5-8(4-9)6-11/h8H,2-6H2,1H3,(H,10,12). The number of carbonyl (C=O) groups excluding carboxylic acids is 1. The first-order chi connectivity index (χ1) is 5.72. The van der Waals surface area contributed by atoms with Gasteiger partial charge in [-0.1, -0.05) is 0 Å². The van der Waals surface area contributed by atoms with Crippen molar-refractivity contribution in [2.45, 2.75) is 6.92 Å². The van der Waals surface area contributed by atoms with Crippen molar-refractivity contribution in [2.75, 3.05) is 32.9 Å². The molecule has 0 aromatic rings. The predicted molar refractivity (Wildman–Crippen MR) is 44.6 cm³/mol. The minimum atomic E-state index is -0.212. The molecule has 0 radical (unpaired) electrons. The second-order valence-corrected chi connectivity index (χ2v) is 3.26. The quantitative estimate of drug-likeness (QED) is 0.652. The van der Waals surface area contributed by atoms with E-state index >= 15 is 0 Å². The van der Waals surface area contributed by atoms with Gasteiger partial charge in [0, 0.05) is 39.0 Å². The summed E-state index contributed by atoms with van der Waals surface area (Å²) in [7, 11) is 0. The molecule has 4 heteroatoms. The lowest BCUT2D eigenvalue weighted by Crippen LogP contribution is -2.50. The lowest BCUT2D eigenvalue weighted by Gasteiger charge is -2.37. The first-order valence-electron chi connectivity index (χ1n) is 4.25. The SMILES string of the molecule is CC(=O)NCCN1CC(CF)C1. The molecule has 0 spiro atoms. The Morgan fingerprint density at radius 3 is 2.83 bits per heavy atom. The number of carbonyl (C=O) groups is 1. The third-order valence-electron chi connectivity index (χ3n) is 2.05. The van der Waals surface area contributed by atoms with Crippen molar-refractivity contribution in [1.82, 2.24) is 10.2 Å². The Kier molecular flexibility index (Phi) is 3.47. The highest BCUT2D eigenvalue weighted by Crippen LogP contribution is 2.14. The number of amides is 1. The lowest BCUT2D eigenvalue weighted by atomic mass is 10.0. The zero-order valence-corrected chi connectivity index (χ0v) is 7.35. The van der Waals surface area contributed by atoms with Crippen LogP contribution in [0.2, 0.25) is 0 Å². The normalized spacial score (nSPS) is 18.8. The van der Waals surface area contributed by atoms with Crippen LogP contribution in [-0.2, 0) is 4.79 Å². The highest BCUT2D eigenvalue weighted by atomic mass is 19.1. The molecular formula is C8H15FN2O. The van der Waals surface area contributed by atoms with E-state index in [1.165, 1.54) is 6.92 Å². The van der Waals surface area contributed by atoms with E-state index < -0.39 is 0 Å². The van der Waals surface area contributed by atoms with E-state index in [9.17, 15) is 9.18 Å². The average Bonchev–Trinajstić information content (AvgIpc) is 1.93. The van der Waals surface area contributed by atoms with Crippen LogP contribution in [-0.4, -0.2) is 43.7 Å². The zero-order valence-electron chi connectivity index (χ0n) is 7.35. The summed E-state index contributed by atoms with van der Waals surface area (Å²) in [6.07, 6.45) is 0. The molecule has 70 valence electrons. The first-order valence-corrected chi connectivity index (χ1v) is 4.25. The van der Waals surface area contributed by atoms with Crippen LogP contribution in [0, 0.1) is 5.92 Å². The van der Waals surface area contributed by atoms with Gasteiger partial charge in [0.25, 0.3) is 0 Å². The monoisotopic (exact) mass is 174 g/mol. The summed E-state index contributed by atoms with van der Waals surface area (Å²) in [5.74, 6) is 0.236. The fourth-order valence-electron chi connectivity index (χ4n) is 1.35.